The first kappa shape index (κ1) is 22.1. The van der Waals surface area contributed by atoms with Crippen molar-refractivity contribution in [1.82, 2.24) is 4.98 Å². The lowest BCUT2D eigenvalue weighted by Crippen LogP contribution is -2.27. The summed E-state index contributed by atoms with van der Waals surface area (Å²) in [4.78, 5) is 16.1. The Kier molecular flexibility index (Phi) is 6.35. The molecule has 4 nitrogen and oxygen atoms in total. The number of carbonyl (C=O) groups excluding carboxylic acids is 1. The number of aromatic nitrogens is 1. The van der Waals surface area contributed by atoms with E-state index in [0.717, 1.165) is 30.2 Å². The molecule has 0 radical (unpaired) electrons. The van der Waals surface area contributed by atoms with Crippen LogP contribution in [0.2, 0.25) is 0 Å². The second-order valence-electron chi connectivity index (χ2n) is 8.40. The Morgan fingerprint density at radius 3 is 2.44 bits per heavy atom. The molecule has 1 amide bonds. The molecule has 2 aromatic carbocycles. The van der Waals surface area contributed by atoms with Crippen molar-refractivity contribution in [2.45, 2.75) is 51.3 Å². The van der Waals surface area contributed by atoms with Crippen LogP contribution in [0.5, 0.6) is 5.75 Å². The van der Waals surface area contributed by atoms with Crippen molar-refractivity contribution in [3.05, 3.63) is 65.9 Å². The first-order valence-electron chi connectivity index (χ1n) is 10.8. The van der Waals surface area contributed by atoms with Gasteiger partial charge in [-0.2, -0.15) is 13.2 Å². The predicted molar refractivity (Wildman–Crippen MR) is 118 cm³/mol. The number of alkyl halides is 3. The van der Waals surface area contributed by atoms with Crippen LogP contribution >= 0.6 is 0 Å². The van der Waals surface area contributed by atoms with Crippen molar-refractivity contribution in [3.63, 3.8) is 0 Å². The first-order chi connectivity index (χ1) is 15.3. The predicted octanol–water partition coefficient (Wildman–Crippen LogP) is 6.53. The molecule has 0 atom stereocenters. The summed E-state index contributed by atoms with van der Waals surface area (Å²) in [5.41, 5.74) is 1.22. The Bertz CT molecular complexity index is 1090. The van der Waals surface area contributed by atoms with E-state index in [-0.39, 0.29) is 29.2 Å². The van der Waals surface area contributed by atoms with Crippen LogP contribution in [0.15, 0.2) is 54.6 Å². The molecule has 168 valence electrons. The number of para-hydroxylation sites is 1. The highest BCUT2D eigenvalue weighted by atomic mass is 19.4. The van der Waals surface area contributed by atoms with Gasteiger partial charge in [0.15, 0.2) is 0 Å². The Labute approximate surface area is 184 Å². The topological polar surface area (TPSA) is 51.2 Å². The van der Waals surface area contributed by atoms with Crippen molar-refractivity contribution < 1.29 is 22.7 Å². The van der Waals surface area contributed by atoms with Gasteiger partial charge in [0.25, 0.3) is 0 Å². The molecular formula is C25H25F3N2O2. The number of carbonyl (C=O) groups is 1. The number of nitrogens with zero attached hydrogens (tertiary/aromatic N) is 1. The summed E-state index contributed by atoms with van der Waals surface area (Å²) < 4.78 is 45.8. The van der Waals surface area contributed by atoms with Crippen LogP contribution in [-0.4, -0.2) is 17.0 Å². The van der Waals surface area contributed by atoms with E-state index in [4.69, 9.17) is 4.74 Å². The molecule has 1 fully saturated rings. The van der Waals surface area contributed by atoms with Gasteiger partial charge in [0.05, 0.1) is 11.6 Å². The monoisotopic (exact) mass is 442 g/mol. The van der Waals surface area contributed by atoms with Crippen LogP contribution in [0.3, 0.4) is 0 Å². The normalized spacial score (nSPS) is 19.0. The third kappa shape index (κ3) is 5.39. The second kappa shape index (κ2) is 9.18. The van der Waals surface area contributed by atoms with Crippen molar-refractivity contribution in [1.29, 1.82) is 0 Å². The highest BCUT2D eigenvalue weighted by Crippen LogP contribution is 2.36. The molecule has 32 heavy (non-hydrogen) atoms. The largest absolute Gasteiger partial charge is 0.490 e. The number of aryl methyl sites for hydroxylation is 1. The Balaban J connectivity index is 1.36. The van der Waals surface area contributed by atoms with Crippen LogP contribution in [0.1, 0.15) is 43.4 Å². The van der Waals surface area contributed by atoms with E-state index in [1.807, 2.05) is 31.2 Å². The van der Waals surface area contributed by atoms with Gasteiger partial charge in [0.2, 0.25) is 5.91 Å². The number of nitrogens with one attached hydrogen (secondary N) is 1. The number of hydrogen-bond donors (Lipinski definition) is 1. The van der Waals surface area contributed by atoms with E-state index in [9.17, 15) is 18.0 Å². The number of fused-ring (bicyclic) bond motifs is 1. The molecule has 1 saturated carbocycles. The van der Waals surface area contributed by atoms with Crippen LogP contribution in [0, 0.1) is 12.8 Å². The second-order valence-corrected chi connectivity index (χ2v) is 8.40. The molecule has 0 spiro atoms. The number of pyridine rings is 1. The summed E-state index contributed by atoms with van der Waals surface area (Å²) >= 11 is 0. The van der Waals surface area contributed by atoms with E-state index in [2.05, 4.69) is 10.3 Å². The lowest BCUT2D eigenvalue weighted by atomic mass is 9.85. The zero-order chi connectivity index (χ0) is 22.7. The van der Waals surface area contributed by atoms with E-state index in [1.165, 1.54) is 0 Å². The van der Waals surface area contributed by atoms with E-state index in [0.29, 0.717) is 24.6 Å². The third-order valence-electron chi connectivity index (χ3n) is 5.87. The number of anilines is 1. The van der Waals surface area contributed by atoms with Crippen LogP contribution in [0.4, 0.5) is 18.9 Å². The van der Waals surface area contributed by atoms with Gasteiger partial charge in [-0.15, -0.1) is 0 Å². The zero-order valence-corrected chi connectivity index (χ0v) is 17.8. The van der Waals surface area contributed by atoms with Crippen molar-refractivity contribution in [3.8, 4) is 5.75 Å². The summed E-state index contributed by atoms with van der Waals surface area (Å²) in [6.45, 7) is 1.99. The third-order valence-corrected chi connectivity index (χ3v) is 5.87. The number of ether oxygens (including phenoxy) is 1. The summed E-state index contributed by atoms with van der Waals surface area (Å²) in [5, 5.41) is 3.49. The summed E-state index contributed by atoms with van der Waals surface area (Å²) in [5.74, 6) is 0.428. The fraction of sp³-hybridized carbons (Fsp3) is 0.360. The number of rotatable bonds is 5. The maximum Gasteiger partial charge on any atom is 0.433 e. The lowest BCUT2D eigenvalue weighted by molar-refractivity contribution is -0.141. The van der Waals surface area contributed by atoms with Gasteiger partial charge < -0.3 is 10.1 Å². The zero-order valence-electron chi connectivity index (χ0n) is 17.8. The number of benzene rings is 2. The highest BCUT2D eigenvalue weighted by Gasteiger charge is 2.34. The summed E-state index contributed by atoms with van der Waals surface area (Å²) in [6.07, 6.45) is -1.32. The molecular weight excluding hydrogens is 417 g/mol. The molecule has 1 aromatic heterocycles. The minimum atomic E-state index is -4.54. The molecule has 1 heterocycles. The highest BCUT2D eigenvalue weighted by molar-refractivity contribution is 5.90. The van der Waals surface area contributed by atoms with E-state index >= 15 is 0 Å². The SMILES string of the molecule is Cc1ccc(NC(=O)CC2CCC(Oc3cc(C(F)(F)F)nc4ccccc34)CC2)cc1. The van der Waals surface area contributed by atoms with Gasteiger partial charge in [0.1, 0.15) is 11.4 Å². The van der Waals surface area contributed by atoms with Crippen molar-refractivity contribution in [2.24, 2.45) is 5.92 Å². The Morgan fingerprint density at radius 1 is 1.06 bits per heavy atom. The lowest BCUT2D eigenvalue weighted by Gasteiger charge is -2.29. The molecule has 4 rings (SSSR count). The standard InChI is InChI=1S/C25H25F3N2O2/c1-16-6-10-18(11-7-16)29-24(31)14-17-8-12-19(13-9-17)32-22-15-23(25(26,27)28)30-21-5-3-2-4-20(21)22/h2-7,10-11,15,17,19H,8-9,12-14H2,1H3,(H,29,31). The van der Waals surface area contributed by atoms with Crippen molar-refractivity contribution in [2.75, 3.05) is 5.32 Å². The maximum absolute atomic E-state index is 13.3. The maximum atomic E-state index is 13.3. The average Bonchev–Trinajstić information content (AvgIpc) is 2.76. The van der Waals surface area contributed by atoms with E-state index < -0.39 is 11.9 Å². The van der Waals surface area contributed by atoms with Gasteiger partial charge in [-0.3, -0.25) is 4.79 Å². The first-order valence-corrected chi connectivity index (χ1v) is 10.8. The number of hydrogen-bond acceptors (Lipinski definition) is 3. The smallest absolute Gasteiger partial charge is 0.433 e. The molecule has 0 aliphatic heterocycles. The minimum absolute atomic E-state index is 0.0202. The fourth-order valence-electron chi connectivity index (χ4n) is 4.13. The molecule has 3 aromatic rings. The van der Waals surface area contributed by atoms with Gasteiger partial charge in [0, 0.05) is 23.6 Å². The Hall–Kier alpha value is -3.09. The van der Waals surface area contributed by atoms with Crippen LogP contribution in [-0.2, 0) is 11.0 Å². The molecule has 0 bridgehead atoms. The Morgan fingerprint density at radius 2 is 1.75 bits per heavy atom. The van der Waals surface area contributed by atoms with Crippen molar-refractivity contribution >= 4 is 22.5 Å². The number of halogens is 3. The van der Waals surface area contributed by atoms with Crippen LogP contribution < -0.4 is 10.1 Å². The average molecular weight is 442 g/mol. The van der Waals surface area contributed by atoms with Gasteiger partial charge in [-0.25, -0.2) is 4.98 Å². The minimum Gasteiger partial charge on any atom is -0.490 e. The summed E-state index contributed by atoms with van der Waals surface area (Å²) in [7, 11) is 0. The number of amides is 1. The molecule has 7 heteroatoms. The molecule has 1 aliphatic rings. The van der Waals surface area contributed by atoms with E-state index in [1.54, 1.807) is 24.3 Å². The fourth-order valence-corrected chi connectivity index (χ4v) is 4.13. The summed E-state index contributed by atoms with van der Waals surface area (Å²) in [6, 6.07) is 15.3. The molecule has 0 saturated heterocycles. The van der Waals surface area contributed by atoms with Crippen LogP contribution in [0.25, 0.3) is 10.9 Å². The quantitative estimate of drug-likeness (QED) is 0.489. The molecule has 0 unspecified atom stereocenters. The van der Waals surface area contributed by atoms with Gasteiger partial charge >= 0.3 is 6.18 Å². The molecule has 1 N–H and O–H groups in total. The molecule has 1 aliphatic carbocycles. The van der Waals surface area contributed by atoms with Gasteiger partial charge in [-0.05, 0) is 62.8 Å². The van der Waals surface area contributed by atoms with Gasteiger partial charge in [-0.1, -0.05) is 29.8 Å².